The summed E-state index contributed by atoms with van der Waals surface area (Å²) >= 11 is 0. The van der Waals surface area contributed by atoms with Crippen LogP contribution in [0, 0.1) is 5.92 Å². The van der Waals surface area contributed by atoms with Gasteiger partial charge in [-0.25, -0.2) is 0 Å². The van der Waals surface area contributed by atoms with Gasteiger partial charge in [0.1, 0.15) is 0 Å². The first-order valence-electron chi connectivity index (χ1n) is 10.2. The fourth-order valence-electron chi connectivity index (χ4n) is 3.97. The zero-order chi connectivity index (χ0) is 17.5. The van der Waals surface area contributed by atoms with Gasteiger partial charge in [-0.15, -0.1) is 0 Å². The molecule has 0 aliphatic carbocycles. The van der Waals surface area contributed by atoms with Crippen molar-refractivity contribution < 1.29 is 5.11 Å². The van der Waals surface area contributed by atoms with Gasteiger partial charge in [0.15, 0.2) is 0 Å². The van der Waals surface area contributed by atoms with E-state index in [1.807, 2.05) is 0 Å². The lowest BCUT2D eigenvalue weighted by atomic mass is 9.99. The van der Waals surface area contributed by atoms with Gasteiger partial charge in [-0.3, -0.25) is 0 Å². The van der Waals surface area contributed by atoms with E-state index in [2.05, 4.69) is 46.3 Å². The van der Waals surface area contributed by atoms with Crippen LogP contribution >= 0.6 is 0 Å². The maximum atomic E-state index is 10.2. The number of nitrogens with zero attached hydrogens (tertiary/aromatic N) is 2. The van der Waals surface area contributed by atoms with Gasteiger partial charge < -0.3 is 20.2 Å². The molecule has 0 spiro atoms. The van der Waals surface area contributed by atoms with Crippen LogP contribution in [0.5, 0.6) is 0 Å². The number of hydrogen-bond acceptors (Lipinski definition) is 4. The summed E-state index contributed by atoms with van der Waals surface area (Å²) in [6, 6.07) is 8.92. The molecule has 1 aromatic rings. The predicted molar refractivity (Wildman–Crippen MR) is 105 cm³/mol. The van der Waals surface area contributed by atoms with Crippen LogP contribution in [0.4, 0.5) is 5.69 Å². The highest BCUT2D eigenvalue weighted by molar-refractivity contribution is 5.47. The summed E-state index contributed by atoms with van der Waals surface area (Å²) in [6.07, 6.45) is 6.26. The normalized spacial score (nSPS) is 21.4. The Bertz CT molecular complexity index is 490. The van der Waals surface area contributed by atoms with Crippen molar-refractivity contribution in [2.24, 2.45) is 5.92 Å². The minimum absolute atomic E-state index is 0.277. The van der Waals surface area contributed by atoms with E-state index < -0.39 is 0 Å². The molecule has 25 heavy (non-hydrogen) atoms. The van der Waals surface area contributed by atoms with E-state index in [0.29, 0.717) is 6.54 Å². The fourth-order valence-corrected chi connectivity index (χ4v) is 3.97. The zero-order valence-electron chi connectivity index (χ0n) is 15.8. The van der Waals surface area contributed by atoms with E-state index in [-0.39, 0.29) is 6.10 Å². The monoisotopic (exact) mass is 345 g/mol. The molecule has 0 bridgehead atoms. The van der Waals surface area contributed by atoms with Crippen LogP contribution in [0.1, 0.15) is 44.6 Å². The molecule has 2 fully saturated rings. The van der Waals surface area contributed by atoms with Crippen LogP contribution < -0.4 is 10.2 Å². The number of likely N-dealkylation sites (tertiary alicyclic amines) is 1. The summed E-state index contributed by atoms with van der Waals surface area (Å²) in [4.78, 5) is 4.89. The average molecular weight is 346 g/mol. The molecule has 4 heteroatoms. The summed E-state index contributed by atoms with van der Waals surface area (Å²) in [5.41, 5.74) is 2.64. The molecule has 2 aliphatic rings. The first kappa shape index (κ1) is 18.7. The molecule has 1 atom stereocenters. The number of anilines is 1. The standard InChI is InChI=1S/C21H35N3O/c1-18-9-13-23(14-10-18)17-21(25)16-22-15-19-5-7-20(8-6-19)24-11-3-2-4-12-24/h5-8,18,21-22,25H,2-4,9-17H2,1H3. The number of benzene rings is 1. The SMILES string of the molecule is CC1CCN(CC(O)CNCc2ccc(N3CCCCC3)cc2)CC1. The Kier molecular flexibility index (Phi) is 7.14. The molecule has 2 aliphatic heterocycles. The van der Waals surface area contributed by atoms with E-state index in [4.69, 9.17) is 0 Å². The van der Waals surface area contributed by atoms with E-state index in [1.54, 1.807) is 0 Å². The molecule has 4 nitrogen and oxygen atoms in total. The first-order chi connectivity index (χ1) is 12.2. The van der Waals surface area contributed by atoms with E-state index >= 15 is 0 Å². The lowest BCUT2D eigenvalue weighted by Crippen LogP contribution is -2.41. The lowest BCUT2D eigenvalue weighted by Gasteiger charge is -2.31. The van der Waals surface area contributed by atoms with Crippen molar-refractivity contribution in [2.75, 3.05) is 44.2 Å². The van der Waals surface area contributed by atoms with E-state index in [0.717, 1.165) is 32.1 Å². The minimum atomic E-state index is -0.277. The Labute approximate surface area is 153 Å². The Morgan fingerprint density at radius 3 is 2.40 bits per heavy atom. The van der Waals surface area contributed by atoms with Gasteiger partial charge in [0.05, 0.1) is 6.10 Å². The molecule has 0 saturated carbocycles. The zero-order valence-corrected chi connectivity index (χ0v) is 15.8. The second-order valence-electron chi connectivity index (χ2n) is 7.98. The summed E-state index contributed by atoms with van der Waals surface area (Å²) in [7, 11) is 0. The van der Waals surface area contributed by atoms with Crippen molar-refractivity contribution in [3.8, 4) is 0 Å². The van der Waals surface area contributed by atoms with Gasteiger partial charge >= 0.3 is 0 Å². The number of aliphatic hydroxyl groups is 1. The second kappa shape index (κ2) is 9.56. The quantitative estimate of drug-likeness (QED) is 0.797. The molecule has 1 aromatic carbocycles. The summed E-state index contributed by atoms with van der Waals surface area (Å²) in [5, 5.41) is 13.7. The van der Waals surface area contributed by atoms with Crippen LogP contribution in [0.3, 0.4) is 0 Å². The van der Waals surface area contributed by atoms with Crippen LogP contribution in [0.15, 0.2) is 24.3 Å². The third-order valence-electron chi connectivity index (χ3n) is 5.71. The molecule has 0 aromatic heterocycles. The first-order valence-corrected chi connectivity index (χ1v) is 10.2. The van der Waals surface area contributed by atoms with Crippen LogP contribution in [-0.2, 0) is 6.54 Å². The Hall–Kier alpha value is -1.10. The molecule has 3 rings (SSSR count). The number of aliphatic hydroxyl groups excluding tert-OH is 1. The van der Waals surface area contributed by atoms with Crippen molar-refractivity contribution in [3.63, 3.8) is 0 Å². The van der Waals surface area contributed by atoms with Gasteiger partial charge in [-0.05, 0) is 68.8 Å². The lowest BCUT2D eigenvalue weighted by molar-refractivity contribution is 0.0907. The molecular weight excluding hydrogens is 310 g/mol. The highest BCUT2D eigenvalue weighted by Gasteiger charge is 2.18. The average Bonchev–Trinajstić information content (AvgIpc) is 2.65. The van der Waals surface area contributed by atoms with Gasteiger partial charge in [-0.1, -0.05) is 19.1 Å². The third-order valence-corrected chi connectivity index (χ3v) is 5.71. The molecule has 140 valence electrons. The smallest absolute Gasteiger partial charge is 0.0791 e. The Morgan fingerprint density at radius 2 is 1.72 bits per heavy atom. The molecule has 2 heterocycles. The molecule has 0 amide bonds. The van der Waals surface area contributed by atoms with Gasteiger partial charge in [0, 0.05) is 38.4 Å². The second-order valence-corrected chi connectivity index (χ2v) is 7.98. The Balaban J connectivity index is 1.35. The molecule has 1 unspecified atom stereocenters. The van der Waals surface area contributed by atoms with Crippen molar-refractivity contribution in [2.45, 2.75) is 51.7 Å². The van der Waals surface area contributed by atoms with Gasteiger partial charge in [0.25, 0.3) is 0 Å². The Morgan fingerprint density at radius 1 is 1.04 bits per heavy atom. The minimum Gasteiger partial charge on any atom is -0.390 e. The third kappa shape index (κ3) is 5.98. The van der Waals surface area contributed by atoms with Crippen LogP contribution in [0.25, 0.3) is 0 Å². The number of nitrogens with one attached hydrogen (secondary N) is 1. The highest BCUT2D eigenvalue weighted by atomic mass is 16.3. The van der Waals surface area contributed by atoms with Crippen molar-refractivity contribution >= 4 is 5.69 Å². The maximum Gasteiger partial charge on any atom is 0.0791 e. The molecule has 0 radical (unpaired) electrons. The number of rotatable bonds is 7. The largest absolute Gasteiger partial charge is 0.390 e. The molecule has 2 saturated heterocycles. The van der Waals surface area contributed by atoms with E-state index in [1.165, 1.54) is 56.4 Å². The highest BCUT2D eigenvalue weighted by Crippen LogP contribution is 2.20. The molecular formula is C21H35N3O. The number of piperidine rings is 2. The van der Waals surface area contributed by atoms with E-state index in [9.17, 15) is 5.11 Å². The van der Waals surface area contributed by atoms with Crippen LogP contribution in [0.2, 0.25) is 0 Å². The maximum absolute atomic E-state index is 10.2. The van der Waals surface area contributed by atoms with Crippen LogP contribution in [-0.4, -0.2) is 55.4 Å². The van der Waals surface area contributed by atoms with Gasteiger partial charge in [0.2, 0.25) is 0 Å². The topological polar surface area (TPSA) is 38.7 Å². The fraction of sp³-hybridized carbons (Fsp3) is 0.714. The summed E-state index contributed by atoms with van der Waals surface area (Å²) in [6.45, 7) is 9.28. The van der Waals surface area contributed by atoms with Crippen molar-refractivity contribution in [3.05, 3.63) is 29.8 Å². The van der Waals surface area contributed by atoms with Crippen molar-refractivity contribution in [1.29, 1.82) is 0 Å². The molecule has 2 N–H and O–H groups in total. The predicted octanol–water partition coefficient (Wildman–Crippen LogP) is 2.86. The van der Waals surface area contributed by atoms with Crippen molar-refractivity contribution in [1.82, 2.24) is 10.2 Å². The van der Waals surface area contributed by atoms with Gasteiger partial charge in [-0.2, -0.15) is 0 Å². The number of hydrogen-bond donors (Lipinski definition) is 2. The summed E-state index contributed by atoms with van der Waals surface area (Å²) in [5.74, 6) is 0.847. The summed E-state index contributed by atoms with van der Waals surface area (Å²) < 4.78 is 0. The number of β-amino-alcohol motifs (C(OH)–C–C–N with tert-alkyl or cyclic N) is 1.